The first-order chi connectivity index (χ1) is 14.3. The number of hydrogen-bond acceptors (Lipinski definition) is 7. The second-order valence-electron chi connectivity index (χ2n) is 6.31. The molecule has 3 rings (SSSR count). The Morgan fingerprint density at radius 1 is 1.10 bits per heavy atom. The zero-order valence-corrected chi connectivity index (χ0v) is 16.4. The maximum atomic E-state index is 12.4. The van der Waals surface area contributed by atoms with E-state index >= 15 is 0 Å². The third-order valence-electron chi connectivity index (χ3n) is 4.38. The van der Waals surface area contributed by atoms with Crippen molar-refractivity contribution in [3.63, 3.8) is 0 Å². The van der Waals surface area contributed by atoms with Crippen molar-refractivity contribution in [1.82, 2.24) is 0 Å². The molecule has 1 unspecified atom stereocenters. The van der Waals surface area contributed by atoms with Crippen LogP contribution in [0.1, 0.15) is 44.0 Å². The summed E-state index contributed by atoms with van der Waals surface area (Å²) in [5, 5.41) is 21.9. The number of carbonyl (C=O) groups excluding carboxylic acids is 2. The van der Waals surface area contributed by atoms with Crippen LogP contribution in [0.5, 0.6) is 5.75 Å². The smallest absolute Gasteiger partial charge is 0.342 e. The number of nitro benzene ring substituents is 1. The van der Waals surface area contributed by atoms with Crippen LogP contribution in [0.4, 0.5) is 5.69 Å². The van der Waals surface area contributed by atoms with Crippen LogP contribution < -0.4 is 4.74 Å². The van der Waals surface area contributed by atoms with Crippen LogP contribution in [0.25, 0.3) is 0 Å². The number of benzene rings is 2. The highest BCUT2D eigenvalue weighted by molar-refractivity contribution is 7.12. The quantitative estimate of drug-likeness (QED) is 0.197. The van der Waals surface area contributed by atoms with Crippen LogP contribution in [-0.2, 0) is 4.79 Å². The Labute approximate surface area is 174 Å². The number of carboxylic acids is 1. The van der Waals surface area contributed by atoms with Gasteiger partial charge in [-0.1, -0.05) is 30.3 Å². The first kappa shape index (κ1) is 20.9. The molecule has 0 saturated carbocycles. The fourth-order valence-electron chi connectivity index (χ4n) is 2.72. The summed E-state index contributed by atoms with van der Waals surface area (Å²) in [5.74, 6) is -3.10. The molecule has 0 saturated heterocycles. The van der Waals surface area contributed by atoms with Gasteiger partial charge in [0, 0.05) is 17.7 Å². The average Bonchev–Trinajstić information content (AvgIpc) is 3.27. The molecule has 3 aromatic rings. The van der Waals surface area contributed by atoms with Gasteiger partial charge < -0.3 is 9.84 Å². The van der Waals surface area contributed by atoms with E-state index in [0.717, 1.165) is 18.2 Å². The van der Waals surface area contributed by atoms with Gasteiger partial charge in [-0.2, -0.15) is 0 Å². The number of aromatic carboxylic acids is 1. The number of thiophene rings is 1. The van der Waals surface area contributed by atoms with Crippen molar-refractivity contribution in [1.29, 1.82) is 0 Å². The van der Waals surface area contributed by atoms with Gasteiger partial charge in [-0.3, -0.25) is 19.7 Å². The van der Waals surface area contributed by atoms with Gasteiger partial charge in [0.1, 0.15) is 11.3 Å². The van der Waals surface area contributed by atoms with E-state index in [1.54, 1.807) is 43.3 Å². The molecule has 1 N–H and O–H groups in total. The number of hydrogen-bond donors (Lipinski definition) is 1. The fourth-order valence-corrected chi connectivity index (χ4v) is 3.41. The predicted molar refractivity (Wildman–Crippen MR) is 108 cm³/mol. The lowest BCUT2D eigenvalue weighted by Gasteiger charge is -2.12. The van der Waals surface area contributed by atoms with Gasteiger partial charge in [0.25, 0.3) is 5.69 Å². The second kappa shape index (κ2) is 8.66. The third-order valence-corrected chi connectivity index (χ3v) is 5.25. The minimum Gasteiger partial charge on any atom is -0.477 e. The summed E-state index contributed by atoms with van der Waals surface area (Å²) < 4.78 is 5.20. The minimum atomic E-state index is -1.50. The minimum absolute atomic E-state index is 0.112. The van der Waals surface area contributed by atoms with Crippen molar-refractivity contribution in [2.24, 2.45) is 0 Å². The number of ether oxygens (including phenoxy) is 1. The molecule has 9 heteroatoms. The van der Waals surface area contributed by atoms with Crippen molar-refractivity contribution in [3.8, 4) is 5.75 Å². The van der Waals surface area contributed by atoms with Crippen LogP contribution in [0.3, 0.4) is 0 Å². The van der Waals surface area contributed by atoms with Gasteiger partial charge in [-0.25, -0.2) is 4.79 Å². The molecule has 152 valence electrons. The molecule has 0 aliphatic carbocycles. The first-order valence-corrected chi connectivity index (χ1v) is 9.57. The number of carbonyl (C=O) groups is 3. The third kappa shape index (κ3) is 4.41. The zero-order chi connectivity index (χ0) is 21.8. The number of rotatable bonds is 7. The molecule has 8 nitrogen and oxygen atoms in total. The van der Waals surface area contributed by atoms with Gasteiger partial charge >= 0.3 is 11.9 Å². The van der Waals surface area contributed by atoms with Gasteiger partial charge in [0.05, 0.1) is 15.7 Å². The van der Waals surface area contributed by atoms with Crippen molar-refractivity contribution >= 4 is 34.7 Å². The summed E-state index contributed by atoms with van der Waals surface area (Å²) >= 11 is 1.34. The summed E-state index contributed by atoms with van der Waals surface area (Å²) in [4.78, 5) is 46.7. The Morgan fingerprint density at radius 2 is 1.80 bits per heavy atom. The van der Waals surface area contributed by atoms with Crippen molar-refractivity contribution < 1.29 is 29.2 Å². The molecule has 0 radical (unpaired) electrons. The molecule has 1 aromatic heterocycles. The van der Waals surface area contributed by atoms with Gasteiger partial charge in [0.2, 0.25) is 5.78 Å². The molecule has 0 fully saturated rings. The number of nitro groups is 1. The summed E-state index contributed by atoms with van der Waals surface area (Å²) in [6.45, 7) is 1.60. The molecule has 30 heavy (non-hydrogen) atoms. The maximum absolute atomic E-state index is 12.4. The largest absolute Gasteiger partial charge is 0.477 e. The molecule has 1 atom stereocenters. The van der Waals surface area contributed by atoms with Crippen LogP contribution in [0.2, 0.25) is 0 Å². The molecular formula is C21H15NO7S. The van der Waals surface area contributed by atoms with Crippen LogP contribution in [-0.4, -0.2) is 27.8 Å². The topological polar surface area (TPSA) is 124 Å². The maximum Gasteiger partial charge on any atom is 0.342 e. The van der Waals surface area contributed by atoms with E-state index in [-0.39, 0.29) is 11.5 Å². The summed E-state index contributed by atoms with van der Waals surface area (Å²) in [6, 6.07) is 13.1. The lowest BCUT2D eigenvalue weighted by atomic mass is 9.98. The van der Waals surface area contributed by atoms with Crippen LogP contribution in [0, 0.1) is 10.1 Å². The predicted octanol–water partition coefficient (Wildman–Crippen LogP) is 4.29. The summed E-state index contributed by atoms with van der Waals surface area (Å²) in [6.07, 6.45) is 0. The normalized spacial score (nSPS) is 11.5. The van der Waals surface area contributed by atoms with Crippen molar-refractivity contribution in [2.45, 2.75) is 12.8 Å². The lowest BCUT2D eigenvalue weighted by molar-refractivity contribution is -0.385. The Morgan fingerprint density at radius 3 is 2.37 bits per heavy atom. The van der Waals surface area contributed by atoms with E-state index in [1.165, 1.54) is 11.3 Å². The van der Waals surface area contributed by atoms with Crippen LogP contribution >= 0.6 is 11.3 Å². The van der Waals surface area contributed by atoms with E-state index in [2.05, 4.69) is 0 Å². The Hall–Kier alpha value is -3.85. The highest BCUT2D eigenvalue weighted by Crippen LogP contribution is 2.26. The SMILES string of the molecule is CC(C(=O)Oc1ccc([N+](=O)[O-])c(C(=O)O)c1)c1ccc(C(=O)c2cccs2)cc1. The highest BCUT2D eigenvalue weighted by atomic mass is 32.1. The molecule has 0 bridgehead atoms. The molecule has 0 spiro atoms. The molecule has 2 aromatic carbocycles. The summed E-state index contributed by atoms with van der Waals surface area (Å²) in [5.41, 5.74) is -0.0814. The number of carboxylic acid groups (broad SMARTS) is 1. The molecule has 0 amide bonds. The average molecular weight is 425 g/mol. The van der Waals surface area contributed by atoms with E-state index in [4.69, 9.17) is 9.84 Å². The van der Waals surface area contributed by atoms with E-state index < -0.39 is 34.0 Å². The van der Waals surface area contributed by atoms with E-state index in [9.17, 15) is 24.5 Å². The van der Waals surface area contributed by atoms with Gasteiger partial charge in [0.15, 0.2) is 0 Å². The fraction of sp³-hybridized carbons (Fsp3) is 0.0952. The number of nitrogens with zero attached hydrogens (tertiary/aromatic N) is 1. The monoisotopic (exact) mass is 425 g/mol. The van der Waals surface area contributed by atoms with E-state index in [1.807, 2.05) is 5.38 Å². The summed E-state index contributed by atoms with van der Waals surface area (Å²) in [7, 11) is 0. The standard InChI is InChI=1S/C21H15NO7S/c1-12(13-4-6-14(7-5-13)19(23)18-3-2-10-30-18)21(26)29-15-8-9-17(22(27)28)16(11-15)20(24)25/h2-12H,1H3,(H,24,25). The first-order valence-electron chi connectivity index (χ1n) is 8.69. The molecule has 1 heterocycles. The highest BCUT2D eigenvalue weighted by Gasteiger charge is 2.23. The zero-order valence-electron chi connectivity index (χ0n) is 15.6. The van der Waals surface area contributed by atoms with Crippen molar-refractivity contribution in [2.75, 3.05) is 0 Å². The van der Waals surface area contributed by atoms with Gasteiger partial charge in [-0.15, -0.1) is 11.3 Å². The Bertz CT molecular complexity index is 1120. The van der Waals surface area contributed by atoms with Gasteiger partial charge in [-0.05, 0) is 30.0 Å². The molecule has 0 aliphatic heterocycles. The lowest BCUT2D eigenvalue weighted by Crippen LogP contribution is -2.17. The van der Waals surface area contributed by atoms with Crippen molar-refractivity contribution in [3.05, 3.63) is 91.7 Å². The van der Waals surface area contributed by atoms with E-state index in [0.29, 0.717) is 16.0 Å². The number of ketones is 1. The number of esters is 1. The van der Waals surface area contributed by atoms with Crippen LogP contribution in [0.15, 0.2) is 60.0 Å². The second-order valence-corrected chi connectivity index (χ2v) is 7.26. The Kier molecular flexibility index (Phi) is 6.03. The molecular weight excluding hydrogens is 410 g/mol. The Balaban J connectivity index is 1.74. The molecule has 0 aliphatic rings.